The number of aromatic nitrogens is 3. The third kappa shape index (κ3) is 5.28. The van der Waals surface area contributed by atoms with Crippen molar-refractivity contribution >= 4 is 0 Å². The van der Waals surface area contributed by atoms with E-state index in [1.165, 1.54) is 12.8 Å². The standard InChI is InChI=1S/C12H24N4O/c1-4-11(5-2)9-16-10-12(14-15-16)8-13-6-7-17-3/h10-11,13H,4-9H2,1-3H3. The summed E-state index contributed by atoms with van der Waals surface area (Å²) < 4.78 is 6.91. The first-order valence-electron chi connectivity index (χ1n) is 6.38. The Kier molecular flexibility index (Phi) is 6.81. The molecule has 0 saturated heterocycles. The number of methoxy groups -OCH3 is 1. The van der Waals surface area contributed by atoms with Crippen molar-refractivity contribution < 1.29 is 4.74 Å². The van der Waals surface area contributed by atoms with Gasteiger partial charge in [-0.15, -0.1) is 5.10 Å². The van der Waals surface area contributed by atoms with Crippen LogP contribution in [0.2, 0.25) is 0 Å². The van der Waals surface area contributed by atoms with Crippen LogP contribution >= 0.6 is 0 Å². The molecule has 17 heavy (non-hydrogen) atoms. The SMILES string of the molecule is CCC(CC)Cn1cc(CNCCOC)nn1. The van der Waals surface area contributed by atoms with E-state index in [0.717, 1.165) is 31.9 Å². The smallest absolute Gasteiger partial charge is 0.0964 e. The van der Waals surface area contributed by atoms with Gasteiger partial charge in [-0.3, -0.25) is 4.68 Å². The van der Waals surface area contributed by atoms with Crippen molar-refractivity contribution in [2.45, 2.75) is 39.8 Å². The van der Waals surface area contributed by atoms with Gasteiger partial charge in [0.25, 0.3) is 0 Å². The fraction of sp³-hybridized carbons (Fsp3) is 0.833. The molecule has 0 bridgehead atoms. The molecule has 1 N–H and O–H groups in total. The van der Waals surface area contributed by atoms with Crippen LogP contribution in [-0.2, 0) is 17.8 Å². The van der Waals surface area contributed by atoms with Crippen LogP contribution in [0.5, 0.6) is 0 Å². The van der Waals surface area contributed by atoms with Crippen LogP contribution in [0.3, 0.4) is 0 Å². The van der Waals surface area contributed by atoms with E-state index in [1.54, 1.807) is 7.11 Å². The largest absolute Gasteiger partial charge is 0.383 e. The predicted octanol–water partition coefficient (Wildman–Crippen LogP) is 1.45. The monoisotopic (exact) mass is 240 g/mol. The number of rotatable bonds is 9. The summed E-state index contributed by atoms with van der Waals surface area (Å²) in [6.45, 7) is 7.73. The molecule has 0 spiro atoms. The highest BCUT2D eigenvalue weighted by Crippen LogP contribution is 2.09. The Morgan fingerprint density at radius 2 is 2.18 bits per heavy atom. The van der Waals surface area contributed by atoms with Crippen molar-refractivity contribution in [1.82, 2.24) is 20.3 Å². The van der Waals surface area contributed by atoms with Crippen LogP contribution in [0.25, 0.3) is 0 Å². The highest BCUT2D eigenvalue weighted by molar-refractivity contribution is 4.91. The summed E-state index contributed by atoms with van der Waals surface area (Å²) in [4.78, 5) is 0. The second-order valence-corrected chi connectivity index (χ2v) is 4.28. The van der Waals surface area contributed by atoms with Crippen molar-refractivity contribution in [3.63, 3.8) is 0 Å². The van der Waals surface area contributed by atoms with Crippen LogP contribution in [0.4, 0.5) is 0 Å². The number of nitrogens with one attached hydrogen (secondary N) is 1. The van der Waals surface area contributed by atoms with E-state index in [9.17, 15) is 0 Å². The molecule has 98 valence electrons. The summed E-state index contributed by atoms with van der Waals surface area (Å²) in [5.74, 6) is 0.700. The third-order valence-electron chi connectivity index (χ3n) is 2.98. The molecular formula is C12H24N4O. The Bertz CT molecular complexity index is 296. The Labute approximate surface area is 104 Å². The van der Waals surface area contributed by atoms with E-state index < -0.39 is 0 Å². The van der Waals surface area contributed by atoms with E-state index >= 15 is 0 Å². The van der Waals surface area contributed by atoms with Gasteiger partial charge in [0, 0.05) is 32.9 Å². The molecule has 0 unspecified atom stereocenters. The fourth-order valence-corrected chi connectivity index (χ4v) is 1.71. The van der Waals surface area contributed by atoms with Gasteiger partial charge in [0.05, 0.1) is 12.3 Å². The third-order valence-corrected chi connectivity index (χ3v) is 2.98. The van der Waals surface area contributed by atoms with Gasteiger partial charge in [0.1, 0.15) is 0 Å². The first-order chi connectivity index (χ1) is 8.30. The summed E-state index contributed by atoms with van der Waals surface area (Å²) in [6, 6.07) is 0. The summed E-state index contributed by atoms with van der Waals surface area (Å²) in [5, 5.41) is 11.5. The number of nitrogens with zero attached hydrogens (tertiary/aromatic N) is 3. The normalized spacial score (nSPS) is 11.3. The molecule has 0 amide bonds. The minimum absolute atomic E-state index is 0.700. The van der Waals surface area contributed by atoms with E-state index in [0.29, 0.717) is 5.92 Å². The maximum Gasteiger partial charge on any atom is 0.0964 e. The van der Waals surface area contributed by atoms with Crippen molar-refractivity contribution in [2.24, 2.45) is 5.92 Å². The Hall–Kier alpha value is -0.940. The fourth-order valence-electron chi connectivity index (χ4n) is 1.71. The summed E-state index contributed by atoms with van der Waals surface area (Å²) >= 11 is 0. The Morgan fingerprint density at radius 3 is 2.82 bits per heavy atom. The zero-order valence-corrected chi connectivity index (χ0v) is 11.1. The van der Waals surface area contributed by atoms with Crippen LogP contribution < -0.4 is 5.32 Å². The van der Waals surface area contributed by atoms with Crippen molar-refractivity contribution in [2.75, 3.05) is 20.3 Å². The maximum atomic E-state index is 4.96. The van der Waals surface area contributed by atoms with Crippen LogP contribution in [-0.4, -0.2) is 35.3 Å². The average Bonchev–Trinajstić information content (AvgIpc) is 2.79. The maximum absolute atomic E-state index is 4.96. The average molecular weight is 240 g/mol. The lowest BCUT2D eigenvalue weighted by Gasteiger charge is -2.10. The Morgan fingerprint density at radius 1 is 1.41 bits per heavy atom. The molecule has 0 aliphatic rings. The lowest BCUT2D eigenvalue weighted by molar-refractivity contribution is 0.199. The zero-order valence-electron chi connectivity index (χ0n) is 11.1. The predicted molar refractivity (Wildman–Crippen MR) is 67.7 cm³/mol. The molecule has 1 heterocycles. The van der Waals surface area contributed by atoms with Crippen molar-refractivity contribution in [3.8, 4) is 0 Å². The lowest BCUT2D eigenvalue weighted by atomic mass is 10.0. The summed E-state index contributed by atoms with van der Waals surface area (Å²) in [5.41, 5.74) is 0.993. The van der Waals surface area contributed by atoms with Gasteiger partial charge < -0.3 is 10.1 Å². The van der Waals surface area contributed by atoms with Crippen LogP contribution in [0.15, 0.2) is 6.20 Å². The van der Waals surface area contributed by atoms with Gasteiger partial charge in [-0.2, -0.15) is 0 Å². The van der Waals surface area contributed by atoms with Gasteiger partial charge in [0.15, 0.2) is 0 Å². The van der Waals surface area contributed by atoms with Crippen molar-refractivity contribution in [3.05, 3.63) is 11.9 Å². The molecule has 1 aromatic rings. The molecule has 0 aliphatic carbocycles. The Balaban J connectivity index is 2.32. The summed E-state index contributed by atoms with van der Waals surface area (Å²) in [7, 11) is 1.70. The topological polar surface area (TPSA) is 52.0 Å². The van der Waals surface area contributed by atoms with Gasteiger partial charge in [-0.25, -0.2) is 0 Å². The van der Waals surface area contributed by atoms with Gasteiger partial charge >= 0.3 is 0 Å². The van der Waals surface area contributed by atoms with E-state index in [4.69, 9.17) is 4.74 Å². The van der Waals surface area contributed by atoms with E-state index in [-0.39, 0.29) is 0 Å². The van der Waals surface area contributed by atoms with E-state index in [2.05, 4.69) is 29.5 Å². The second-order valence-electron chi connectivity index (χ2n) is 4.28. The van der Waals surface area contributed by atoms with Gasteiger partial charge in [-0.05, 0) is 5.92 Å². The summed E-state index contributed by atoms with van der Waals surface area (Å²) in [6.07, 6.45) is 4.41. The molecule has 0 fully saturated rings. The minimum Gasteiger partial charge on any atom is -0.383 e. The molecule has 1 aromatic heterocycles. The van der Waals surface area contributed by atoms with E-state index in [1.807, 2.05) is 10.9 Å². The quantitative estimate of drug-likeness (QED) is 0.664. The number of hydrogen-bond donors (Lipinski definition) is 1. The van der Waals surface area contributed by atoms with Gasteiger partial charge in [0.2, 0.25) is 0 Å². The molecule has 1 rings (SSSR count). The number of ether oxygens (including phenoxy) is 1. The second kappa shape index (κ2) is 8.20. The number of hydrogen-bond acceptors (Lipinski definition) is 4. The molecule has 0 aliphatic heterocycles. The zero-order chi connectivity index (χ0) is 12.5. The molecule has 0 saturated carbocycles. The molecule has 0 atom stereocenters. The first kappa shape index (κ1) is 14.1. The molecule has 0 aromatic carbocycles. The van der Waals surface area contributed by atoms with Crippen LogP contribution in [0.1, 0.15) is 32.4 Å². The molecule has 5 heteroatoms. The molecular weight excluding hydrogens is 216 g/mol. The first-order valence-corrected chi connectivity index (χ1v) is 6.38. The van der Waals surface area contributed by atoms with Crippen molar-refractivity contribution in [1.29, 1.82) is 0 Å². The minimum atomic E-state index is 0.700. The lowest BCUT2D eigenvalue weighted by Crippen LogP contribution is -2.18. The molecule has 0 radical (unpaired) electrons. The highest BCUT2D eigenvalue weighted by Gasteiger charge is 2.06. The van der Waals surface area contributed by atoms with Gasteiger partial charge in [-0.1, -0.05) is 31.9 Å². The highest BCUT2D eigenvalue weighted by atomic mass is 16.5. The van der Waals surface area contributed by atoms with Crippen LogP contribution in [0, 0.1) is 5.92 Å². The molecule has 5 nitrogen and oxygen atoms in total.